The van der Waals surface area contributed by atoms with Crippen molar-refractivity contribution in [3.8, 4) is 0 Å². The highest BCUT2D eigenvalue weighted by Crippen LogP contribution is 2.16. The Morgan fingerprint density at radius 2 is 2.13 bits per heavy atom. The number of anilines is 1. The molecule has 0 aromatic heterocycles. The highest BCUT2D eigenvalue weighted by Gasteiger charge is 2.12. The lowest BCUT2D eigenvalue weighted by Gasteiger charge is -2.12. The van der Waals surface area contributed by atoms with Crippen LogP contribution >= 0.6 is 11.6 Å². The first-order valence-corrected chi connectivity index (χ1v) is 5.67. The fourth-order valence-electron chi connectivity index (χ4n) is 1.28. The fraction of sp³-hybridized carbons (Fsp3) is 0.417. The van der Waals surface area contributed by atoms with Crippen LogP contribution in [0.5, 0.6) is 0 Å². The number of nitrogens with one attached hydrogen (secondary N) is 1. The number of aryl methyl sites for hydroxylation is 1. The van der Waals surface area contributed by atoms with Gasteiger partial charge in [-0.05, 0) is 18.1 Å². The molecule has 82 valence electrons. The molecular formula is C12H16ClNO. The summed E-state index contributed by atoms with van der Waals surface area (Å²) in [6, 6.07) is 7.82. The van der Waals surface area contributed by atoms with Crippen LogP contribution in [-0.4, -0.2) is 11.8 Å². The number of carbonyl (C=O) groups is 1. The van der Waals surface area contributed by atoms with Gasteiger partial charge in [-0.3, -0.25) is 4.79 Å². The van der Waals surface area contributed by atoms with Crippen molar-refractivity contribution >= 4 is 23.2 Å². The van der Waals surface area contributed by atoms with Gasteiger partial charge in [0.05, 0.1) is 0 Å². The van der Waals surface area contributed by atoms with Gasteiger partial charge in [-0.1, -0.05) is 32.0 Å². The topological polar surface area (TPSA) is 29.1 Å². The first-order valence-electron chi connectivity index (χ1n) is 5.13. The Kier molecular flexibility index (Phi) is 4.63. The van der Waals surface area contributed by atoms with Crippen molar-refractivity contribution in [1.82, 2.24) is 0 Å². The number of para-hydroxylation sites is 1. The molecule has 15 heavy (non-hydrogen) atoms. The molecular weight excluding hydrogens is 210 g/mol. The molecule has 0 heterocycles. The first kappa shape index (κ1) is 12.1. The maximum absolute atomic E-state index is 11.6. The van der Waals surface area contributed by atoms with Crippen molar-refractivity contribution in [1.29, 1.82) is 0 Å². The van der Waals surface area contributed by atoms with Gasteiger partial charge < -0.3 is 5.32 Å². The van der Waals surface area contributed by atoms with Crippen LogP contribution in [0.25, 0.3) is 0 Å². The molecule has 0 saturated heterocycles. The molecule has 1 amide bonds. The van der Waals surface area contributed by atoms with Crippen molar-refractivity contribution in [2.75, 3.05) is 11.2 Å². The van der Waals surface area contributed by atoms with Crippen molar-refractivity contribution in [2.24, 2.45) is 5.92 Å². The predicted molar refractivity (Wildman–Crippen MR) is 64.3 cm³/mol. The Morgan fingerprint density at radius 3 is 2.73 bits per heavy atom. The van der Waals surface area contributed by atoms with Crippen LogP contribution in [0.1, 0.15) is 19.4 Å². The third-order valence-corrected chi connectivity index (χ3v) is 2.80. The smallest absolute Gasteiger partial charge is 0.228 e. The molecule has 1 rings (SSSR count). The average Bonchev–Trinajstić information content (AvgIpc) is 2.28. The van der Waals surface area contributed by atoms with Crippen molar-refractivity contribution in [3.05, 3.63) is 29.8 Å². The van der Waals surface area contributed by atoms with Crippen LogP contribution in [0.3, 0.4) is 0 Å². The summed E-state index contributed by atoms with van der Waals surface area (Å²) in [4.78, 5) is 11.6. The van der Waals surface area contributed by atoms with E-state index in [2.05, 4.69) is 12.2 Å². The van der Waals surface area contributed by atoms with Gasteiger partial charge in [-0.25, -0.2) is 0 Å². The minimum atomic E-state index is -0.156. The van der Waals surface area contributed by atoms with Crippen molar-refractivity contribution in [3.63, 3.8) is 0 Å². The Balaban J connectivity index is 2.76. The molecule has 0 radical (unpaired) electrons. The second kappa shape index (κ2) is 5.76. The standard InChI is InChI=1S/C12H16ClNO/c1-3-10-6-4-5-7-11(10)14-12(15)9(2)8-13/h4-7,9H,3,8H2,1-2H3,(H,14,15). The van der Waals surface area contributed by atoms with E-state index in [1.807, 2.05) is 31.2 Å². The fourth-order valence-corrected chi connectivity index (χ4v) is 1.42. The summed E-state index contributed by atoms with van der Waals surface area (Å²) >= 11 is 5.63. The zero-order valence-electron chi connectivity index (χ0n) is 9.09. The third kappa shape index (κ3) is 3.24. The summed E-state index contributed by atoms with van der Waals surface area (Å²) in [5.74, 6) is 0.169. The largest absolute Gasteiger partial charge is 0.326 e. The normalized spacial score (nSPS) is 12.2. The van der Waals surface area contributed by atoms with Crippen LogP contribution in [0.2, 0.25) is 0 Å². The molecule has 0 spiro atoms. The molecule has 1 aromatic carbocycles. The van der Waals surface area contributed by atoms with Gasteiger partial charge >= 0.3 is 0 Å². The van der Waals surface area contributed by atoms with Gasteiger partial charge in [0.2, 0.25) is 5.91 Å². The van der Waals surface area contributed by atoms with E-state index in [4.69, 9.17) is 11.6 Å². The van der Waals surface area contributed by atoms with E-state index < -0.39 is 0 Å². The minimum Gasteiger partial charge on any atom is -0.326 e. The van der Waals surface area contributed by atoms with E-state index in [0.717, 1.165) is 17.7 Å². The maximum atomic E-state index is 11.6. The van der Waals surface area contributed by atoms with Gasteiger partial charge in [0.1, 0.15) is 0 Å². The Hall–Kier alpha value is -1.02. The average molecular weight is 226 g/mol. The number of alkyl halides is 1. The van der Waals surface area contributed by atoms with Crippen LogP contribution in [0, 0.1) is 5.92 Å². The summed E-state index contributed by atoms with van der Waals surface area (Å²) in [5.41, 5.74) is 2.04. The SMILES string of the molecule is CCc1ccccc1NC(=O)C(C)CCl. The van der Waals surface area contributed by atoms with E-state index in [0.29, 0.717) is 5.88 Å². The molecule has 0 aliphatic rings. The van der Waals surface area contributed by atoms with Crippen LogP contribution in [0.15, 0.2) is 24.3 Å². The summed E-state index contributed by atoms with van der Waals surface area (Å²) in [7, 11) is 0. The molecule has 0 bridgehead atoms. The van der Waals surface area contributed by atoms with E-state index in [9.17, 15) is 4.79 Å². The van der Waals surface area contributed by atoms with Gasteiger partial charge in [0.25, 0.3) is 0 Å². The Labute approximate surface area is 95.6 Å². The maximum Gasteiger partial charge on any atom is 0.228 e. The van der Waals surface area contributed by atoms with E-state index in [1.165, 1.54) is 0 Å². The van der Waals surface area contributed by atoms with E-state index >= 15 is 0 Å². The lowest BCUT2D eigenvalue weighted by atomic mass is 10.1. The molecule has 2 nitrogen and oxygen atoms in total. The monoisotopic (exact) mass is 225 g/mol. The third-order valence-electron chi connectivity index (χ3n) is 2.34. The molecule has 0 saturated carbocycles. The molecule has 1 N–H and O–H groups in total. The molecule has 0 aliphatic carbocycles. The Morgan fingerprint density at radius 1 is 1.47 bits per heavy atom. The summed E-state index contributed by atoms with van der Waals surface area (Å²) < 4.78 is 0. The zero-order chi connectivity index (χ0) is 11.3. The zero-order valence-corrected chi connectivity index (χ0v) is 9.84. The number of hydrogen-bond acceptors (Lipinski definition) is 1. The molecule has 1 unspecified atom stereocenters. The number of amides is 1. The summed E-state index contributed by atoms with van der Waals surface area (Å²) in [6.45, 7) is 3.88. The highest BCUT2D eigenvalue weighted by molar-refractivity contribution is 6.19. The molecule has 3 heteroatoms. The molecule has 1 aromatic rings. The second-order valence-corrected chi connectivity index (χ2v) is 3.86. The number of halogens is 1. The lowest BCUT2D eigenvalue weighted by Crippen LogP contribution is -2.22. The van der Waals surface area contributed by atoms with Crippen molar-refractivity contribution < 1.29 is 4.79 Å². The van der Waals surface area contributed by atoms with Gasteiger partial charge in [0, 0.05) is 17.5 Å². The number of rotatable bonds is 4. The van der Waals surface area contributed by atoms with Crippen LogP contribution in [-0.2, 0) is 11.2 Å². The predicted octanol–water partition coefficient (Wildman–Crippen LogP) is 3.06. The molecule has 0 fully saturated rings. The van der Waals surface area contributed by atoms with Crippen LogP contribution < -0.4 is 5.32 Å². The van der Waals surface area contributed by atoms with Gasteiger partial charge in [0.15, 0.2) is 0 Å². The molecule has 1 atom stereocenters. The first-order chi connectivity index (χ1) is 7.19. The number of hydrogen-bond donors (Lipinski definition) is 1. The van der Waals surface area contributed by atoms with E-state index in [-0.39, 0.29) is 11.8 Å². The number of benzene rings is 1. The summed E-state index contributed by atoms with van der Waals surface area (Å²) in [5, 5.41) is 2.89. The second-order valence-electron chi connectivity index (χ2n) is 3.56. The Bertz CT molecular complexity index is 338. The molecule has 0 aliphatic heterocycles. The lowest BCUT2D eigenvalue weighted by molar-refractivity contribution is -0.118. The quantitative estimate of drug-likeness (QED) is 0.784. The van der Waals surface area contributed by atoms with Crippen LogP contribution in [0.4, 0.5) is 5.69 Å². The highest BCUT2D eigenvalue weighted by atomic mass is 35.5. The summed E-state index contributed by atoms with van der Waals surface area (Å²) in [6.07, 6.45) is 0.908. The minimum absolute atomic E-state index is 0.0223. The van der Waals surface area contributed by atoms with Gasteiger partial charge in [-0.2, -0.15) is 0 Å². The van der Waals surface area contributed by atoms with E-state index in [1.54, 1.807) is 0 Å². The number of carbonyl (C=O) groups excluding carboxylic acids is 1. The van der Waals surface area contributed by atoms with Gasteiger partial charge in [-0.15, -0.1) is 11.6 Å². The van der Waals surface area contributed by atoms with Crippen molar-refractivity contribution in [2.45, 2.75) is 20.3 Å².